The van der Waals surface area contributed by atoms with E-state index in [2.05, 4.69) is 17.4 Å². The number of benzene rings is 3. The third kappa shape index (κ3) is 4.56. The predicted octanol–water partition coefficient (Wildman–Crippen LogP) is 4.51. The summed E-state index contributed by atoms with van der Waals surface area (Å²) in [5.41, 5.74) is 0.174. The van der Waals surface area contributed by atoms with Crippen LogP contribution in [0.1, 0.15) is 26.3 Å². The van der Waals surface area contributed by atoms with Crippen molar-refractivity contribution < 1.29 is 19.4 Å². The largest absolute Gasteiger partial charge is 0.480 e. The molecular weight excluding hydrogens is 342 g/mol. The lowest BCUT2D eigenvalue weighted by atomic mass is 9.96. The van der Waals surface area contributed by atoms with Crippen LogP contribution in [0.2, 0.25) is 0 Å². The highest BCUT2D eigenvalue weighted by molar-refractivity contribution is 5.99. The minimum atomic E-state index is -1.10. The van der Waals surface area contributed by atoms with Gasteiger partial charge in [0.25, 0.3) is 0 Å². The van der Waals surface area contributed by atoms with Gasteiger partial charge in [-0.2, -0.15) is 0 Å². The predicted molar refractivity (Wildman–Crippen MR) is 106 cm³/mol. The summed E-state index contributed by atoms with van der Waals surface area (Å²) in [4.78, 5) is 23.7. The van der Waals surface area contributed by atoms with E-state index < -0.39 is 23.7 Å². The van der Waals surface area contributed by atoms with Gasteiger partial charge in [-0.15, -0.1) is 0 Å². The Balaban J connectivity index is 1.92. The van der Waals surface area contributed by atoms with Gasteiger partial charge in [-0.1, -0.05) is 42.5 Å². The lowest BCUT2D eigenvalue weighted by Gasteiger charge is -2.22. The smallest absolute Gasteiger partial charge is 0.408 e. The molecule has 3 rings (SSSR count). The fraction of sp³-hybridized carbons (Fsp3) is 0.273. The van der Waals surface area contributed by atoms with Crippen LogP contribution in [-0.4, -0.2) is 28.8 Å². The second-order valence-corrected chi connectivity index (χ2v) is 7.58. The summed E-state index contributed by atoms with van der Waals surface area (Å²) in [7, 11) is 0. The molecule has 3 aromatic rings. The fourth-order valence-electron chi connectivity index (χ4n) is 3.08. The van der Waals surface area contributed by atoms with Crippen molar-refractivity contribution >= 4 is 33.6 Å². The van der Waals surface area contributed by atoms with Gasteiger partial charge in [-0.25, -0.2) is 9.59 Å². The molecule has 0 heterocycles. The molecule has 0 radical (unpaired) electrons. The van der Waals surface area contributed by atoms with Crippen molar-refractivity contribution in [2.24, 2.45) is 0 Å². The van der Waals surface area contributed by atoms with Crippen molar-refractivity contribution in [1.82, 2.24) is 5.32 Å². The van der Waals surface area contributed by atoms with Crippen LogP contribution in [0.25, 0.3) is 21.5 Å². The molecule has 0 saturated carbocycles. The maximum Gasteiger partial charge on any atom is 0.408 e. The Morgan fingerprint density at radius 3 is 2.26 bits per heavy atom. The molecule has 1 atom stereocenters. The Labute approximate surface area is 157 Å². The summed E-state index contributed by atoms with van der Waals surface area (Å²) in [6.45, 7) is 5.20. The maximum absolute atomic E-state index is 12.0. The number of hydrogen-bond acceptors (Lipinski definition) is 3. The number of ether oxygens (including phenoxy) is 1. The summed E-state index contributed by atoms with van der Waals surface area (Å²) in [5, 5.41) is 16.2. The van der Waals surface area contributed by atoms with Gasteiger partial charge in [-0.05, 0) is 60.0 Å². The number of rotatable bonds is 4. The standard InChI is InChI=1S/C22H23NO4/c1-22(2,3)27-21(26)23-19(20(24)25)13-17-10-6-9-16-11-14-7-4-5-8-15(14)12-18(16)17/h4-12,19H,13H2,1-3H3,(H,23,26)(H,24,25). The van der Waals surface area contributed by atoms with Gasteiger partial charge < -0.3 is 15.2 Å². The van der Waals surface area contributed by atoms with Gasteiger partial charge in [0.2, 0.25) is 0 Å². The van der Waals surface area contributed by atoms with Crippen molar-refractivity contribution in [2.45, 2.75) is 38.8 Å². The van der Waals surface area contributed by atoms with E-state index in [-0.39, 0.29) is 6.42 Å². The molecule has 0 saturated heterocycles. The minimum Gasteiger partial charge on any atom is -0.480 e. The number of amides is 1. The lowest BCUT2D eigenvalue weighted by molar-refractivity contribution is -0.139. The number of carbonyl (C=O) groups is 2. The zero-order valence-electron chi connectivity index (χ0n) is 15.7. The molecule has 5 heteroatoms. The van der Waals surface area contributed by atoms with E-state index in [4.69, 9.17) is 4.74 Å². The van der Waals surface area contributed by atoms with Crippen molar-refractivity contribution in [3.8, 4) is 0 Å². The highest BCUT2D eigenvalue weighted by Crippen LogP contribution is 2.26. The average Bonchev–Trinajstić information content (AvgIpc) is 2.58. The number of carboxylic acid groups (broad SMARTS) is 1. The number of alkyl carbamates (subject to hydrolysis) is 1. The molecule has 0 spiro atoms. The average molecular weight is 365 g/mol. The van der Waals surface area contributed by atoms with Gasteiger partial charge >= 0.3 is 12.1 Å². The van der Waals surface area contributed by atoms with E-state index >= 15 is 0 Å². The normalized spacial score (nSPS) is 12.7. The van der Waals surface area contributed by atoms with Crippen LogP contribution >= 0.6 is 0 Å². The molecule has 3 aromatic carbocycles. The van der Waals surface area contributed by atoms with Crippen molar-refractivity contribution in [2.75, 3.05) is 0 Å². The van der Waals surface area contributed by atoms with Crippen LogP contribution in [0.3, 0.4) is 0 Å². The highest BCUT2D eigenvalue weighted by Gasteiger charge is 2.24. The SMILES string of the molecule is CC(C)(C)OC(=O)NC(Cc1cccc2cc3ccccc3cc12)C(=O)O. The Hall–Kier alpha value is -3.08. The number of nitrogens with one attached hydrogen (secondary N) is 1. The number of carbonyl (C=O) groups excluding carboxylic acids is 1. The third-order valence-corrected chi connectivity index (χ3v) is 4.25. The molecule has 2 N–H and O–H groups in total. The summed E-state index contributed by atoms with van der Waals surface area (Å²) >= 11 is 0. The van der Waals surface area contributed by atoms with E-state index in [9.17, 15) is 14.7 Å². The number of aliphatic carboxylic acids is 1. The molecule has 140 valence electrons. The van der Waals surface area contributed by atoms with E-state index in [1.54, 1.807) is 20.8 Å². The van der Waals surface area contributed by atoms with Crippen molar-refractivity contribution in [1.29, 1.82) is 0 Å². The highest BCUT2D eigenvalue weighted by atomic mass is 16.6. The zero-order chi connectivity index (χ0) is 19.6. The summed E-state index contributed by atoms with van der Waals surface area (Å²) in [6, 6.07) is 16.9. The van der Waals surface area contributed by atoms with Gasteiger partial charge in [-0.3, -0.25) is 0 Å². The summed E-state index contributed by atoms with van der Waals surface area (Å²) in [6.07, 6.45) is -0.565. The molecule has 0 aliphatic heterocycles. The molecule has 0 fully saturated rings. The molecule has 0 bridgehead atoms. The van der Waals surface area contributed by atoms with Crippen LogP contribution in [0.4, 0.5) is 4.79 Å². The number of hydrogen-bond donors (Lipinski definition) is 2. The van der Waals surface area contributed by atoms with Crippen molar-refractivity contribution in [3.63, 3.8) is 0 Å². The third-order valence-electron chi connectivity index (χ3n) is 4.25. The molecule has 0 aliphatic rings. The van der Waals surface area contributed by atoms with Gasteiger partial charge in [0, 0.05) is 6.42 Å². The Morgan fingerprint density at radius 2 is 1.63 bits per heavy atom. The van der Waals surface area contributed by atoms with E-state index in [1.807, 2.05) is 42.5 Å². The Bertz CT molecular complexity index is 1000. The fourth-order valence-corrected chi connectivity index (χ4v) is 3.08. The molecule has 0 aliphatic carbocycles. The monoisotopic (exact) mass is 365 g/mol. The molecule has 1 unspecified atom stereocenters. The van der Waals surface area contributed by atoms with Gasteiger partial charge in [0.05, 0.1) is 0 Å². The van der Waals surface area contributed by atoms with Crippen LogP contribution in [0, 0.1) is 0 Å². The quantitative estimate of drug-likeness (QED) is 0.667. The number of carboxylic acids is 1. The maximum atomic E-state index is 12.0. The first-order chi connectivity index (χ1) is 12.7. The molecule has 5 nitrogen and oxygen atoms in total. The van der Waals surface area contributed by atoms with Gasteiger partial charge in [0.15, 0.2) is 0 Å². The van der Waals surface area contributed by atoms with Crippen LogP contribution < -0.4 is 5.32 Å². The lowest BCUT2D eigenvalue weighted by Crippen LogP contribution is -2.44. The second-order valence-electron chi connectivity index (χ2n) is 7.58. The van der Waals surface area contributed by atoms with Crippen LogP contribution in [0.15, 0.2) is 54.6 Å². The number of fused-ring (bicyclic) bond motifs is 2. The summed E-state index contributed by atoms with van der Waals surface area (Å²) < 4.78 is 5.19. The summed E-state index contributed by atoms with van der Waals surface area (Å²) in [5.74, 6) is -1.10. The topological polar surface area (TPSA) is 75.6 Å². The Morgan fingerprint density at radius 1 is 1.00 bits per heavy atom. The molecule has 0 aromatic heterocycles. The first kappa shape index (κ1) is 18.7. The zero-order valence-corrected chi connectivity index (χ0v) is 15.7. The molecule has 1 amide bonds. The van der Waals surface area contributed by atoms with Crippen LogP contribution in [-0.2, 0) is 16.0 Å². The van der Waals surface area contributed by atoms with Crippen molar-refractivity contribution in [3.05, 3.63) is 60.2 Å². The van der Waals surface area contributed by atoms with E-state index in [1.165, 1.54) is 0 Å². The first-order valence-electron chi connectivity index (χ1n) is 8.86. The first-order valence-corrected chi connectivity index (χ1v) is 8.86. The van der Waals surface area contributed by atoms with E-state index in [0.717, 1.165) is 27.1 Å². The Kier molecular flexibility index (Phi) is 5.04. The minimum absolute atomic E-state index is 0.171. The second kappa shape index (κ2) is 7.27. The molecule has 27 heavy (non-hydrogen) atoms. The van der Waals surface area contributed by atoms with Gasteiger partial charge in [0.1, 0.15) is 11.6 Å². The molecular formula is C22H23NO4. The van der Waals surface area contributed by atoms with E-state index in [0.29, 0.717) is 0 Å². The van der Waals surface area contributed by atoms with Crippen LogP contribution in [0.5, 0.6) is 0 Å².